The van der Waals surface area contributed by atoms with Crippen LogP contribution in [0.15, 0.2) is 0 Å². The molecule has 1 fully saturated rings. The van der Waals surface area contributed by atoms with Crippen molar-refractivity contribution in [3.63, 3.8) is 0 Å². The largest absolute Gasteiger partial charge is 0.396 e. The summed E-state index contributed by atoms with van der Waals surface area (Å²) in [4.78, 5) is 14.7. The van der Waals surface area contributed by atoms with Crippen molar-refractivity contribution in [2.75, 3.05) is 18.1 Å². The van der Waals surface area contributed by atoms with Crippen LogP contribution in [0.1, 0.15) is 48.4 Å². The molecule has 2 aromatic heterocycles. The Morgan fingerprint density at radius 3 is 3.00 bits per heavy atom. The topological polar surface area (TPSA) is 49.2 Å². The number of piperidine rings is 1. The van der Waals surface area contributed by atoms with Gasteiger partial charge in [0, 0.05) is 24.1 Å². The first-order valence-electron chi connectivity index (χ1n) is 8.44. The van der Waals surface area contributed by atoms with Crippen LogP contribution in [0.5, 0.6) is 0 Å². The molecule has 1 unspecified atom stereocenters. The van der Waals surface area contributed by atoms with Gasteiger partial charge < -0.3 is 10.0 Å². The molecule has 1 aliphatic heterocycles. The fraction of sp³-hybridized carbons (Fsp3) is 0.647. The minimum atomic E-state index is 0.260. The molecule has 0 radical (unpaired) electrons. The number of aliphatic hydroxyl groups excluding tert-OH is 1. The maximum atomic E-state index is 9.41. The van der Waals surface area contributed by atoms with Crippen molar-refractivity contribution < 1.29 is 5.11 Å². The van der Waals surface area contributed by atoms with E-state index in [1.807, 2.05) is 18.3 Å². The zero-order chi connectivity index (χ0) is 15.1. The molecule has 118 valence electrons. The highest BCUT2D eigenvalue weighted by atomic mass is 32.1. The van der Waals surface area contributed by atoms with Crippen LogP contribution in [0.2, 0.25) is 0 Å². The van der Waals surface area contributed by atoms with E-state index in [-0.39, 0.29) is 6.61 Å². The molecule has 1 aliphatic carbocycles. The van der Waals surface area contributed by atoms with Crippen molar-refractivity contribution >= 4 is 27.4 Å². The van der Waals surface area contributed by atoms with Gasteiger partial charge in [0.2, 0.25) is 0 Å². The molecule has 0 bridgehead atoms. The minimum Gasteiger partial charge on any atom is -0.396 e. The standard InChI is InChI=1S/C17H23N3OS/c1-11-18-16(20-9-3-2-5-12(20)8-10-21)15-13-6-4-7-14(13)22-17(15)19-11/h12,21H,2-10H2,1H3. The second kappa shape index (κ2) is 5.78. The zero-order valence-electron chi connectivity index (χ0n) is 13.1. The smallest absolute Gasteiger partial charge is 0.141 e. The van der Waals surface area contributed by atoms with Crippen molar-refractivity contribution in [2.24, 2.45) is 0 Å². The maximum absolute atomic E-state index is 9.41. The Bertz CT molecular complexity index is 695. The number of aryl methyl sites for hydroxylation is 3. The maximum Gasteiger partial charge on any atom is 0.141 e. The highest BCUT2D eigenvalue weighted by Crippen LogP contribution is 2.41. The Morgan fingerprint density at radius 2 is 2.14 bits per heavy atom. The number of rotatable bonds is 3. The highest BCUT2D eigenvalue weighted by molar-refractivity contribution is 7.19. The number of nitrogens with zero attached hydrogens (tertiary/aromatic N) is 3. The van der Waals surface area contributed by atoms with E-state index in [1.54, 1.807) is 0 Å². The Kier molecular flexibility index (Phi) is 3.78. The molecule has 1 N–H and O–H groups in total. The van der Waals surface area contributed by atoms with Gasteiger partial charge in [0.05, 0.1) is 5.39 Å². The third-order valence-electron chi connectivity index (χ3n) is 5.02. The zero-order valence-corrected chi connectivity index (χ0v) is 14.0. The van der Waals surface area contributed by atoms with E-state index in [4.69, 9.17) is 9.97 Å². The minimum absolute atomic E-state index is 0.260. The Labute approximate surface area is 135 Å². The van der Waals surface area contributed by atoms with Gasteiger partial charge in [-0.25, -0.2) is 9.97 Å². The number of anilines is 1. The second-order valence-electron chi connectivity index (χ2n) is 6.49. The Morgan fingerprint density at radius 1 is 1.23 bits per heavy atom. The van der Waals surface area contributed by atoms with Gasteiger partial charge in [-0.15, -0.1) is 11.3 Å². The molecule has 1 atom stereocenters. The van der Waals surface area contributed by atoms with Crippen molar-refractivity contribution in [3.8, 4) is 0 Å². The van der Waals surface area contributed by atoms with Crippen LogP contribution >= 0.6 is 11.3 Å². The molecule has 22 heavy (non-hydrogen) atoms. The second-order valence-corrected chi connectivity index (χ2v) is 7.57. The first-order chi connectivity index (χ1) is 10.8. The van der Waals surface area contributed by atoms with E-state index in [1.165, 1.54) is 52.8 Å². The molecule has 0 spiro atoms. The number of aromatic nitrogens is 2. The van der Waals surface area contributed by atoms with E-state index in [0.29, 0.717) is 6.04 Å². The molecule has 0 aromatic carbocycles. The summed E-state index contributed by atoms with van der Waals surface area (Å²) in [5, 5.41) is 10.7. The van der Waals surface area contributed by atoms with Crippen molar-refractivity contribution in [3.05, 3.63) is 16.3 Å². The molecule has 4 rings (SSSR count). The lowest BCUT2D eigenvalue weighted by Crippen LogP contribution is -2.41. The van der Waals surface area contributed by atoms with E-state index in [0.717, 1.165) is 31.0 Å². The van der Waals surface area contributed by atoms with Crippen molar-refractivity contribution in [1.29, 1.82) is 0 Å². The average Bonchev–Trinajstić information content (AvgIpc) is 3.07. The average molecular weight is 317 g/mol. The van der Waals surface area contributed by atoms with Crippen LogP contribution in [0.25, 0.3) is 10.2 Å². The third-order valence-corrected chi connectivity index (χ3v) is 6.20. The predicted molar refractivity (Wildman–Crippen MR) is 90.9 cm³/mol. The van der Waals surface area contributed by atoms with Crippen LogP contribution in [-0.4, -0.2) is 34.3 Å². The molecule has 3 heterocycles. The summed E-state index contributed by atoms with van der Waals surface area (Å²) in [5.74, 6) is 2.01. The van der Waals surface area contributed by atoms with Crippen LogP contribution in [0, 0.1) is 6.92 Å². The van der Waals surface area contributed by atoms with Crippen LogP contribution in [0.4, 0.5) is 5.82 Å². The first-order valence-corrected chi connectivity index (χ1v) is 9.26. The molecular weight excluding hydrogens is 294 g/mol. The summed E-state index contributed by atoms with van der Waals surface area (Å²) < 4.78 is 0. The SMILES string of the molecule is Cc1nc(N2CCCCC2CCO)c2c3c(sc2n1)CCC3. The fourth-order valence-corrected chi connectivity index (χ4v) is 5.32. The Hall–Kier alpha value is -1.20. The van der Waals surface area contributed by atoms with Crippen LogP contribution in [-0.2, 0) is 12.8 Å². The lowest BCUT2D eigenvalue weighted by atomic mass is 9.99. The third kappa shape index (κ3) is 2.31. The molecule has 0 saturated carbocycles. The molecule has 4 nitrogen and oxygen atoms in total. The summed E-state index contributed by atoms with van der Waals surface area (Å²) in [6, 6.07) is 0.424. The van der Waals surface area contributed by atoms with Gasteiger partial charge in [0.25, 0.3) is 0 Å². The molecular formula is C17H23N3OS. The van der Waals surface area contributed by atoms with E-state index < -0.39 is 0 Å². The molecule has 2 aliphatic rings. The highest BCUT2D eigenvalue weighted by Gasteiger charge is 2.29. The number of thiophene rings is 1. The number of hydrogen-bond acceptors (Lipinski definition) is 5. The summed E-state index contributed by atoms with van der Waals surface area (Å²) in [6.07, 6.45) is 8.13. The fourth-order valence-electron chi connectivity index (χ4n) is 4.02. The van der Waals surface area contributed by atoms with Crippen molar-refractivity contribution in [2.45, 2.75) is 57.9 Å². The molecule has 1 saturated heterocycles. The Balaban J connectivity index is 1.85. The molecule has 0 amide bonds. The monoisotopic (exact) mass is 317 g/mol. The van der Waals surface area contributed by atoms with Gasteiger partial charge >= 0.3 is 0 Å². The number of aliphatic hydroxyl groups is 1. The summed E-state index contributed by atoms with van der Waals surface area (Å²) in [5.41, 5.74) is 1.50. The predicted octanol–water partition coefficient (Wildman–Crippen LogP) is 3.23. The van der Waals surface area contributed by atoms with Crippen LogP contribution < -0.4 is 4.90 Å². The normalized spacial score (nSPS) is 21.5. The lowest BCUT2D eigenvalue weighted by molar-refractivity contribution is 0.262. The number of hydrogen-bond donors (Lipinski definition) is 1. The molecule has 5 heteroatoms. The first kappa shape index (κ1) is 14.4. The van der Waals surface area contributed by atoms with Gasteiger partial charge in [-0.1, -0.05) is 0 Å². The van der Waals surface area contributed by atoms with Gasteiger partial charge in [0.1, 0.15) is 16.5 Å². The van der Waals surface area contributed by atoms with E-state index in [9.17, 15) is 5.11 Å². The summed E-state index contributed by atoms with van der Waals surface area (Å²) in [6.45, 7) is 3.32. The molecule has 2 aromatic rings. The number of fused-ring (bicyclic) bond motifs is 3. The van der Waals surface area contributed by atoms with Gasteiger partial charge in [-0.05, 0) is 57.4 Å². The summed E-state index contributed by atoms with van der Waals surface area (Å²) in [7, 11) is 0. The quantitative estimate of drug-likeness (QED) is 0.944. The van der Waals surface area contributed by atoms with E-state index >= 15 is 0 Å². The van der Waals surface area contributed by atoms with Gasteiger partial charge in [-0.2, -0.15) is 0 Å². The summed E-state index contributed by atoms with van der Waals surface area (Å²) >= 11 is 1.87. The van der Waals surface area contributed by atoms with Gasteiger partial charge in [-0.3, -0.25) is 0 Å². The van der Waals surface area contributed by atoms with Crippen molar-refractivity contribution in [1.82, 2.24) is 9.97 Å². The van der Waals surface area contributed by atoms with E-state index in [2.05, 4.69) is 4.90 Å². The lowest BCUT2D eigenvalue weighted by Gasteiger charge is -2.37. The van der Waals surface area contributed by atoms with Crippen LogP contribution in [0.3, 0.4) is 0 Å². The van der Waals surface area contributed by atoms with Gasteiger partial charge in [0.15, 0.2) is 0 Å².